The Balaban J connectivity index is 2.12. The lowest BCUT2D eigenvalue weighted by Gasteiger charge is -2.42. The molecule has 148 valence electrons. The number of esters is 2. The van der Waals surface area contributed by atoms with E-state index in [1.54, 1.807) is 31.2 Å². The zero-order chi connectivity index (χ0) is 20.0. The van der Waals surface area contributed by atoms with E-state index >= 15 is 0 Å². The van der Waals surface area contributed by atoms with Crippen LogP contribution in [0.5, 0.6) is 0 Å². The summed E-state index contributed by atoms with van der Waals surface area (Å²) in [6.07, 6.45) is -5.34. The number of aliphatic hydroxyl groups excluding tert-OH is 1. The number of aliphatic hydroxyl groups is 1. The average Bonchev–Trinajstić information content (AvgIpc) is 2.60. The Hall–Kier alpha value is -2.65. The molecule has 0 spiro atoms. The van der Waals surface area contributed by atoms with Crippen molar-refractivity contribution < 1.29 is 38.4 Å². The van der Waals surface area contributed by atoms with Crippen molar-refractivity contribution in [3.63, 3.8) is 0 Å². The smallest absolute Gasteiger partial charge is 0.407 e. The van der Waals surface area contributed by atoms with Crippen molar-refractivity contribution in [2.24, 2.45) is 0 Å². The fourth-order valence-corrected chi connectivity index (χ4v) is 2.78. The zero-order valence-electron chi connectivity index (χ0n) is 15.3. The van der Waals surface area contributed by atoms with Crippen LogP contribution in [-0.4, -0.2) is 53.8 Å². The van der Waals surface area contributed by atoms with Gasteiger partial charge in [0.25, 0.3) is 0 Å². The maximum Gasteiger partial charge on any atom is 0.407 e. The number of hydrogen-bond acceptors (Lipinski definition) is 8. The first-order chi connectivity index (χ1) is 12.8. The second kappa shape index (κ2) is 9.33. The highest BCUT2D eigenvalue weighted by Crippen LogP contribution is 2.25. The van der Waals surface area contributed by atoms with Crippen LogP contribution in [-0.2, 0) is 35.1 Å². The quantitative estimate of drug-likeness (QED) is 0.570. The molecule has 1 aromatic carbocycles. The van der Waals surface area contributed by atoms with Gasteiger partial charge in [0.05, 0.1) is 6.10 Å². The minimum atomic E-state index is -1.50. The van der Waals surface area contributed by atoms with E-state index in [1.165, 1.54) is 6.92 Å². The van der Waals surface area contributed by atoms with Crippen molar-refractivity contribution >= 4 is 18.0 Å². The second-order valence-electron chi connectivity index (χ2n) is 6.11. The molecule has 1 saturated heterocycles. The van der Waals surface area contributed by atoms with Gasteiger partial charge in [0, 0.05) is 13.8 Å². The van der Waals surface area contributed by atoms with Gasteiger partial charge in [-0.3, -0.25) is 9.59 Å². The van der Waals surface area contributed by atoms with Gasteiger partial charge in [-0.05, 0) is 12.5 Å². The van der Waals surface area contributed by atoms with Crippen LogP contribution in [0.25, 0.3) is 0 Å². The molecule has 0 radical (unpaired) electrons. The monoisotopic (exact) mass is 381 g/mol. The van der Waals surface area contributed by atoms with Crippen LogP contribution < -0.4 is 5.32 Å². The highest BCUT2D eigenvalue weighted by Gasteiger charge is 2.48. The lowest BCUT2D eigenvalue weighted by molar-refractivity contribution is -0.261. The van der Waals surface area contributed by atoms with Crippen LogP contribution in [0.3, 0.4) is 0 Å². The predicted molar refractivity (Wildman–Crippen MR) is 91.2 cm³/mol. The number of nitrogens with one attached hydrogen (secondary N) is 1. The van der Waals surface area contributed by atoms with E-state index in [2.05, 4.69) is 5.32 Å². The molecule has 0 unspecified atom stereocenters. The number of amides is 1. The number of ether oxygens (including phenoxy) is 4. The highest BCUT2D eigenvalue weighted by molar-refractivity contribution is 5.69. The van der Waals surface area contributed by atoms with Crippen molar-refractivity contribution in [1.82, 2.24) is 5.32 Å². The molecule has 1 amide bonds. The van der Waals surface area contributed by atoms with E-state index in [-0.39, 0.29) is 6.61 Å². The summed E-state index contributed by atoms with van der Waals surface area (Å²) in [5.74, 6) is -1.30. The van der Waals surface area contributed by atoms with Crippen molar-refractivity contribution in [1.29, 1.82) is 0 Å². The van der Waals surface area contributed by atoms with Gasteiger partial charge in [-0.15, -0.1) is 0 Å². The Morgan fingerprint density at radius 2 is 1.67 bits per heavy atom. The van der Waals surface area contributed by atoms with Gasteiger partial charge in [-0.25, -0.2) is 4.79 Å². The van der Waals surface area contributed by atoms with E-state index in [4.69, 9.17) is 18.9 Å². The van der Waals surface area contributed by atoms with Gasteiger partial charge < -0.3 is 29.4 Å². The molecule has 1 fully saturated rings. The third kappa shape index (κ3) is 5.93. The molecular formula is C18H23NO8. The first-order valence-electron chi connectivity index (χ1n) is 8.43. The summed E-state index contributed by atoms with van der Waals surface area (Å²) in [7, 11) is 0. The maximum atomic E-state index is 12.2. The average molecular weight is 381 g/mol. The Morgan fingerprint density at radius 3 is 2.26 bits per heavy atom. The topological polar surface area (TPSA) is 120 Å². The maximum absolute atomic E-state index is 12.2. The lowest BCUT2D eigenvalue weighted by atomic mass is 9.96. The predicted octanol–water partition coefficient (Wildman–Crippen LogP) is 0.882. The molecule has 1 aliphatic heterocycles. The number of rotatable bonds is 5. The minimum absolute atomic E-state index is 0.0183. The molecule has 0 saturated carbocycles. The third-order valence-corrected chi connectivity index (χ3v) is 3.91. The Bertz CT molecular complexity index is 637. The molecule has 9 heteroatoms. The molecule has 2 rings (SSSR count). The van der Waals surface area contributed by atoms with Gasteiger partial charge in [-0.1, -0.05) is 30.3 Å². The molecular weight excluding hydrogens is 358 g/mol. The summed E-state index contributed by atoms with van der Waals surface area (Å²) in [5, 5.41) is 12.6. The molecule has 1 heterocycles. The molecule has 0 aliphatic carbocycles. The van der Waals surface area contributed by atoms with E-state index in [9.17, 15) is 19.5 Å². The van der Waals surface area contributed by atoms with Crippen molar-refractivity contribution in [3.05, 3.63) is 35.9 Å². The summed E-state index contributed by atoms with van der Waals surface area (Å²) >= 11 is 0. The van der Waals surface area contributed by atoms with Crippen LogP contribution in [0.4, 0.5) is 4.79 Å². The lowest BCUT2D eigenvalue weighted by Crippen LogP contribution is -2.65. The number of carbonyl (C=O) groups is 3. The molecule has 1 aliphatic rings. The van der Waals surface area contributed by atoms with E-state index < -0.39 is 48.7 Å². The van der Waals surface area contributed by atoms with E-state index in [0.29, 0.717) is 0 Å². The fraction of sp³-hybridized carbons (Fsp3) is 0.500. The first kappa shape index (κ1) is 20.7. The molecule has 9 nitrogen and oxygen atoms in total. The Labute approximate surface area is 156 Å². The molecule has 5 atom stereocenters. The van der Waals surface area contributed by atoms with Gasteiger partial charge in [0.2, 0.25) is 0 Å². The number of alkyl carbamates (subject to hydrolysis) is 1. The summed E-state index contributed by atoms with van der Waals surface area (Å²) < 4.78 is 20.7. The number of carbonyl (C=O) groups excluding carboxylic acids is 3. The van der Waals surface area contributed by atoms with Crippen LogP contribution in [0.2, 0.25) is 0 Å². The second-order valence-corrected chi connectivity index (χ2v) is 6.11. The molecule has 2 N–H and O–H groups in total. The minimum Gasteiger partial charge on any atom is -0.457 e. The molecule has 27 heavy (non-hydrogen) atoms. The zero-order valence-corrected chi connectivity index (χ0v) is 15.3. The first-order valence-corrected chi connectivity index (χ1v) is 8.43. The number of benzene rings is 1. The van der Waals surface area contributed by atoms with Gasteiger partial charge in [0.1, 0.15) is 12.6 Å². The third-order valence-electron chi connectivity index (χ3n) is 3.91. The largest absolute Gasteiger partial charge is 0.457 e. The Morgan fingerprint density at radius 1 is 1.07 bits per heavy atom. The SMILES string of the molecule is CC(=O)O[C@@H]1[C@@H](NC(=O)OCc2ccccc2)[C@H](OC(C)=O)[C@@H](O)O[C@H]1C. The summed E-state index contributed by atoms with van der Waals surface area (Å²) in [6.45, 7) is 3.93. The summed E-state index contributed by atoms with van der Waals surface area (Å²) in [6, 6.07) is 7.97. The van der Waals surface area contributed by atoms with Crippen LogP contribution >= 0.6 is 0 Å². The highest BCUT2D eigenvalue weighted by atomic mass is 16.7. The van der Waals surface area contributed by atoms with Crippen molar-refractivity contribution in [2.75, 3.05) is 0 Å². The van der Waals surface area contributed by atoms with Gasteiger partial charge in [0.15, 0.2) is 18.5 Å². The van der Waals surface area contributed by atoms with Crippen molar-refractivity contribution in [3.8, 4) is 0 Å². The van der Waals surface area contributed by atoms with E-state index in [1.807, 2.05) is 6.07 Å². The Kier molecular flexibility index (Phi) is 7.14. The fourth-order valence-electron chi connectivity index (χ4n) is 2.78. The van der Waals surface area contributed by atoms with Gasteiger partial charge >= 0.3 is 18.0 Å². The molecule has 0 bridgehead atoms. The van der Waals surface area contributed by atoms with Gasteiger partial charge in [-0.2, -0.15) is 0 Å². The van der Waals surface area contributed by atoms with Crippen molar-refractivity contribution in [2.45, 2.75) is 58.0 Å². The van der Waals surface area contributed by atoms with E-state index in [0.717, 1.165) is 12.5 Å². The number of hydrogen-bond donors (Lipinski definition) is 2. The van der Waals surface area contributed by atoms with Crippen LogP contribution in [0, 0.1) is 0 Å². The normalized spacial score (nSPS) is 27.3. The van der Waals surface area contributed by atoms with Crippen LogP contribution in [0.15, 0.2) is 30.3 Å². The summed E-state index contributed by atoms with van der Waals surface area (Å²) in [5.41, 5.74) is 0.779. The molecule has 1 aromatic rings. The summed E-state index contributed by atoms with van der Waals surface area (Å²) in [4.78, 5) is 35.0. The standard InChI is InChI=1S/C18H23NO8/c1-10-15(26-11(2)20)14(16(17(22)25-10)27-12(3)21)19-18(23)24-9-13-7-5-4-6-8-13/h4-8,10,14-17,22H,9H2,1-3H3,(H,19,23)/t10-,14+,15-,16-,17-/m0/s1. The van der Waals surface area contributed by atoms with Crippen LogP contribution in [0.1, 0.15) is 26.3 Å². The molecule has 0 aromatic heterocycles.